The van der Waals surface area contributed by atoms with Gasteiger partial charge >= 0.3 is 0 Å². The van der Waals surface area contributed by atoms with Gasteiger partial charge in [-0.15, -0.1) is 8.19 Å². The molecule has 2 aromatic rings. The lowest BCUT2D eigenvalue weighted by molar-refractivity contribution is 0.325. The van der Waals surface area contributed by atoms with E-state index in [4.69, 9.17) is 0 Å². The zero-order chi connectivity index (χ0) is 11.0. The molecule has 1 heteroatoms. The van der Waals surface area contributed by atoms with Gasteiger partial charge in [-0.2, -0.15) is 0 Å². The quantitative estimate of drug-likeness (QED) is 0.640. The second kappa shape index (κ2) is 3.93. The van der Waals surface area contributed by atoms with Crippen LogP contribution < -0.4 is 0 Å². The summed E-state index contributed by atoms with van der Waals surface area (Å²) in [4.78, 5) is 0. The average Bonchev–Trinajstić information content (AvgIpc) is 2.74. The van der Waals surface area contributed by atoms with Gasteiger partial charge in [-0.25, -0.2) is 0 Å². The van der Waals surface area contributed by atoms with Gasteiger partial charge in [0.15, 0.2) is 0 Å². The summed E-state index contributed by atoms with van der Waals surface area (Å²) in [5, 5.41) is 4.75. The van der Waals surface area contributed by atoms with Crippen molar-refractivity contribution >= 4 is 18.7 Å². The molecule has 1 unspecified atom stereocenters. The molecule has 1 heterocycles. The van der Waals surface area contributed by atoms with E-state index in [-0.39, 0.29) is 0 Å². The molecule has 16 heavy (non-hydrogen) atoms. The molecule has 0 spiro atoms. The van der Waals surface area contributed by atoms with Crippen molar-refractivity contribution in [1.29, 1.82) is 0 Å². The Morgan fingerprint density at radius 1 is 1.06 bits per heavy atom. The molecular formula is C15H19P. The first-order valence-corrected chi connectivity index (χ1v) is 7.36. The lowest BCUT2D eigenvalue weighted by Crippen LogP contribution is -2.23. The number of hydrogen-bond donors (Lipinski definition) is 0. The Bertz CT molecular complexity index is 456. The first kappa shape index (κ1) is 10.4. The van der Waals surface area contributed by atoms with E-state index >= 15 is 0 Å². The monoisotopic (exact) mass is 230 g/mol. The molecule has 1 aliphatic carbocycles. The summed E-state index contributed by atoms with van der Waals surface area (Å²) < 4.78 is 0. The van der Waals surface area contributed by atoms with E-state index in [0.717, 1.165) is 8.19 Å². The molecule has 0 bridgehead atoms. The highest BCUT2D eigenvalue weighted by atomic mass is 31.0. The van der Waals surface area contributed by atoms with E-state index in [1.54, 1.807) is 10.4 Å². The predicted molar refractivity (Wildman–Crippen MR) is 73.9 cm³/mol. The van der Waals surface area contributed by atoms with Crippen LogP contribution in [-0.4, -0.2) is 0 Å². The van der Waals surface area contributed by atoms with E-state index < -0.39 is 0 Å². The lowest BCUT2D eigenvalue weighted by Gasteiger charge is -2.33. The van der Waals surface area contributed by atoms with Gasteiger partial charge in [-0.05, 0) is 40.1 Å². The largest absolute Gasteiger partial charge is 0.128 e. The molecule has 84 valence electrons. The van der Waals surface area contributed by atoms with E-state index in [1.807, 2.05) is 0 Å². The van der Waals surface area contributed by atoms with E-state index in [0.29, 0.717) is 5.41 Å². The Kier molecular flexibility index (Phi) is 2.56. The fraction of sp³-hybridized carbons (Fsp3) is 0.467. The Balaban J connectivity index is 2.04. The van der Waals surface area contributed by atoms with Gasteiger partial charge in [0.2, 0.25) is 0 Å². The maximum atomic E-state index is 2.48. The van der Waals surface area contributed by atoms with Crippen molar-refractivity contribution < 1.29 is 0 Å². The summed E-state index contributed by atoms with van der Waals surface area (Å²) in [6.45, 7) is 2.48. The molecule has 1 aromatic carbocycles. The molecule has 1 saturated carbocycles. The van der Waals surface area contributed by atoms with Crippen LogP contribution in [0.3, 0.4) is 0 Å². The van der Waals surface area contributed by atoms with Crippen molar-refractivity contribution in [3.8, 4) is 0 Å². The van der Waals surface area contributed by atoms with Crippen LogP contribution in [0.5, 0.6) is 0 Å². The summed E-state index contributed by atoms with van der Waals surface area (Å²) in [5.41, 5.74) is 0.510. The second-order valence-electron chi connectivity index (χ2n) is 5.39. The molecule has 0 amide bonds. The molecular weight excluding hydrogens is 211 g/mol. The van der Waals surface area contributed by atoms with Crippen molar-refractivity contribution in [2.24, 2.45) is 0 Å². The summed E-state index contributed by atoms with van der Waals surface area (Å²) in [7, 11) is 0.934. The highest BCUT2D eigenvalue weighted by molar-refractivity contribution is 7.38. The normalized spacial score (nSPS) is 20.6. The molecule has 1 atom stereocenters. The third kappa shape index (κ3) is 1.70. The van der Waals surface area contributed by atoms with Crippen LogP contribution in [0.2, 0.25) is 0 Å². The van der Waals surface area contributed by atoms with Crippen molar-refractivity contribution in [2.75, 3.05) is 0 Å². The summed E-state index contributed by atoms with van der Waals surface area (Å²) in [5.74, 6) is 0. The minimum atomic E-state index is 0.510. The van der Waals surface area contributed by atoms with E-state index in [2.05, 4.69) is 37.3 Å². The van der Waals surface area contributed by atoms with Crippen LogP contribution in [0, 0.1) is 0 Å². The molecule has 3 rings (SSSR count). The Morgan fingerprint density at radius 3 is 2.56 bits per heavy atom. The Labute approximate surface area is 99.1 Å². The van der Waals surface area contributed by atoms with Crippen LogP contribution in [-0.2, 0) is 5.41 Å². The topological polar surface area (TPSA) is 0 Å². The van der Waals surface area contributed by atoms with Gasteiger partial charge in [0.05, 0.1) is 0 Å². The fourth-order valence-corrected chi connectivity index (χ4v) is 4.55. The van der Waals surface area contributed by atoms with Gasteiger partial charge in [-0.1, -0.05) is 50.5 Å². The maximum absolute atomic E-state index is 2.48. The zero-order valence-corrected chi connectivity index (χ0v) is 10.9. The smallest absolute Gasteiger partial charge is 0.00154 e. The first-order valence-electron chi connectivity index (χ1n) is 6.36. The lowest BCUT2D eigenvalue weighted by atomic mass is 9.75. The van der Waals surface area contributed by atoms with Crippen molar-refractivity contribution in [1.82, 2.24) is 0 Å². The summed E-state index contributed by atoms with van der Waals surface area (Å²) in [6, 6.07) is 11.4. The SMILES string of the molecule is CC1(c2cc3ccccc3[pH]2)CCCCC1. The third-order valence-corrected chi connectivity index (χ3v) is 5.88. The molecule has 0 aliphatic heterocycles. The highest BCUT2D eigenvalue weighted by Gasteiger charge is 2.29. The summed E-state index contributed by atoms with van der Waals surface area (Å²) >= 11 is 0. The van der Waals surface area contributed by atoms with Gasteiger partial charge in [-0.3, -0.25) is 0 Å². The Hall–Kier alpha value is -0.740. The molecule has 0 nitrogen and oxygen atoms in total. The Morgan fingerprint density at radius 2 is 1.81 bits per heavy atom. The van der Waals surface area contributed by atoms with E-state index in [1.165, 1.54) is 37.5 Å². The second-order valence-corrected chi connectivity index (χ2v) is 6.72. The molecule has 1 fully saturated rings. The number of fused-ring (bicyclic) bond motifs is 1. The highest BCUT2D eigenvalue weighted by Crippen LogP contribution is 2.45. The first-order chi connectivity index (χ1) is 7.78. The van der Waals surface area contributed by atoms with Crippen LogP contribution in [0.1, 0.15) is 44.3 Å². The van der Waals surface area contributed by atoms with Crippen LogP contribution in [0.15, 0.2) is 30.3 Å². The van der Waals surface area contributed by atoms with E-state index in [9.17, 15) is 0 Å². The maximum Gasteiger partial charge on any atom is -0.00154 e. The zero-order valence-electron chi connectivity index (χ0n) is 9.92. The average molecular weight is 230 g/mol. The third-order valence-electron chi connectivity index (χ3n) is 4.14. The molecule has 1 aliphatic rings. The molecule has 0 N–H and O–H groups in total. The number of rotatable bonds is 1. The number of hydrogen-bond acceptors (Lipinski definition) is 0. The van der Waals surface area contributed by atoms with Gasteiger partial charge in [0, 0.05) is 0 Å². The predicted octanol–water partition coefficient (Wildman–Crippen LogP) is 5.09. The van der Waals surface area contributed by atoms with Gasteiger partial charge in [0.1, 0.15) is 0 Å². The number of benzene rings is 1. The molecule has 0 radical (unpaired) electrons. The minimum absolute atomic E-state index is 0.510. The van der Waals surface area contributed by atoms with Crippen molar-refractivity contribution in [2.45, 2.75) is 44.4 Å². The minimum Gasteiger partial charge on any atom is -0.128 e. The summed E-state index contributed by atoms with van der Waals surface area (Å²) in [6.07, 6.45) is 7.10. The van der Waals surface area contributed by atoms with Crippen molar-refractivity contribution in [3.63, 3.8) is 0 Å². The van der Waals surface area contributed by atoms with Crippen molar-refractivity contribution in [3.05, 3.63) is 35.6 Å². The van der Waals surface area contributed by atoms with Crippen LogP contribution in [0.25, 0.3) is 10.5 Å². The van der Waals surface area contributed by atoms with Gasteiger partial charge < -0.3 is 0 Å². The molecule has 1 aromatic heterocycles. The molecule has 0 saturated heterocycles. The van der Waals surface area contributed by atoms with Crippen LogP contribution >= 0.6 is 8.19 Å². The van der Waals surface area contributed by atoms with Gasteiger partial charge in [0.25, 0.3) is 0 Å². The fourth-order valence-electron chi connectivity index (χ4n) is 3.00. The standard InChI is InChI=1S/C15H19P/c1-15(9-5-2-6-10-15)14-11-12-7-3-4-8-13(12)16-14/h3-4,7-8,11,16H,2,5-6,9-10H2,1H3. The van der Waals surface area contributed by atoms with Crippen LogP contribution in [0.4, 0.5) is 0 Å².